The maximum absolute atomic E-state index is 5.69. The molecular weight excluding hydrogens is 368 g/mol. The topological polar surface area (TPSA) is 77.8 Å². The fourth-order valence-corrected chi connectivity index (χ4v) is 3.21. The van der Waals surface area contributed by atoms with Crippen LogP contribution >= 0.6 is 0 Å². The Labute approximate surface area is 175 Å². The summed E-state index contributed by atoms with van der Waals surface area (Å²) in [6.45, 7) is 0. The monoisotopic (exact) mass is 390 g/mol. The first-order valence-corrected chi connectivity index (χ1v) is 9.68. The van der Waals surface area contributed by atoms with Gasteiger partial charge in [-0.05, 0) is 34.9 Å². The van der Waals surface area contributed by atoms with Crippen molar-refractivity contribution in [2.45, 2.75) is 0 Å². The van der Waals surface area contributed by atoms with Gasteiger partial charge in [-0.15, -0.1) is 0 Å². The summed E-state index contributed by atoms with van der Waals surface area (Å²) in [5.74, 6) is 0.428. The molecule has 146 valence electrons. The molecule has 30 heavy (non-hydrogen) atoms. The Balaban J connectivity index is 0.000000158. The molecule has 5 rings (SSSR count). The number of rotatable bonds is 2. The molecule has 0 radical (unpaired) electrons. The molecular formula is C26H22N4. The van der Waals surface area contributed by atoms with Crippen molar-refractivity contribution in [2.75, 3.05) is 11.5 Å². The molecule has 0 atom stereocenters. The van der Waals surface area contributed by atoms with E-state index in [0.717, 1.165) is 27.8 Å². The van der Waals surface area contributed by atoms with Crippen LogP contribution in [0, 0.1) is 0 Å². The van der Waals surface area contributed by atoms with Gasteiger partial charge in [0.1, 0.15) is 5.82 Å². The maximum Gasteiger partial charge on any atom is 0.142 e. The van der Waals surface area contributed by atoms with Crippen LogP contribution in [0.15, 0.2) is 109 Å². The van der Waals surface area contributed by atoms with Gasteiger partial charge in [0.15, 0.2) is 0 Å². The third-order valence-electron chi connectivity index (χ3n) is 4.69. The zero-order chi connectivity index (χ0) is 20.8. The molecule has 0 bridgehead atoms. The van der Waals surface area contributed by atoms with Crippen molar-refractivity contribution in [2.24, 2.45) is 0 Å². The first-order valence-electron chi connectivity index (χ1n) is 9.68. The van der Waals surface area contributed by atoms with E-state index in [4.69, 9.17) is 11.5 Å². The van der Waals surface area contributed by atoms with Crippen molar-refractivity contribution in [3.05, 3.63) is 109 Å². The molecule has 0 unspecified atom stereocenters. The fourth-order valence-electron chi connectivity index (χ4n) is 3.21. The molecule has 0 aliphatic heterocycles. The van der Waals surface area contributed by atoms with Gasteiger partial charge in [0.25, 0.3) is 0 Å². The van der Waals surface area contributed by atoms with Crippen molar-refractivity contribution in [3.8, 4) is 22.3 Å². The summed E-state index contributed by atoms with van der Waals surface area (Å²) in [6, 6.07) is 34.3. The van der Waals surface area contributed by atoms with Crippen LogP contribution in [-0.4, -0.2) is 9.97 Å². The highest BCUT2D eigenvalue weighted by Gasteiger charge is 2.06. The molecule has 4 N–H and O–H groups in total. The smallest absolute Gasteiger partial charge is 0.142 e. The normalized spacial score (nSPS) is 10.3. The second-order valence-corrected chi connectivity index (χ2v) is 6.82. The van der Waals surface area contributed by atoms with Crippen LogP contribution < -0.4 is 11.5 Å². The third kappa shape index (κ3) is 4.45. The summed E-state index contributed by atoms with van der Waals surface area (Å²) >= 11 is 0. The van der Waals surface area contributed by atoms with Crippen LogP contribution in [0.2, 0.25) is 0 Å². The molecule has 0 fully saturated rings. The first kappa shape index (κ1) is 19.2. The zero-order valence-electron chi connectivity index (χ0n) is 16.4. The number of hydrogen-bond acceptors (Lipinski definition) is 4. The molecule has 4 nitrogen and oxygen atoms in total. The minimum Gasteiger partial charge on any atom is -0.399 e. The van der Waals surface area contributed by atoms with Gasteiger partial charge < -0.3 is 11.5 Å². The highest BCUT2D eigenvalue weighted by molar-refractivity contribution is 5.92. The number of hydrogen-bond donors (Lipinski definition) is 2. The van der Waals surface area contributed by atoms with E-state index in [1.54, 1.807) is 6.20 Å². The zero-order valence-corrected chi connectivity index (χ0v) is 16.4. The molecule has 0 saturated carbocycles. The molecule has 1 aromatic heterocycles. The van der Waals surface area contributed by atoms with Crippen LogP contribution in [0.5, 0.6) is 0 Å². The number of aromatic nitrogens is 2. The Morgan fingerprint density at radius 2 is 1.13 bits per heavy atom. The number of anilines is 2. The van der Waals surface area contributed by atoms with Crippen molar-refractivity contribution < 1.29 is 0 Å². The number of fused-ring (bicyclic) bond motifs is 1. The molecule has 0 aliphatic carbocycles. The summed E-state index contributed by atoms with van der Waals surface area (Å²) in [5.41, 5.74) is 18.4. The molecule has 0 saturated heterocycles. The lowest BCUT2D eigenvalue weighted by atomic mass is 10.0. The highest BCUT2D eigenvalue weighted by Crippen LogP contribution is 2.27. The Bertz CT molecular complexity index is 1200. The van der Waals surface area contributed by atoms with E-state index in [0.29, 0.717) is 5.82 Å². The van der Waals surface area contributed by atoms with Gasteiger partial charge in [-0.25, -0.2) is 4.98 Å². The van der Waals surface area contributed by atoms with Crippen LogP contribution in [0.3, 0.4) is 0 Å². The fraction of sp³-hybridized carbons (Fsp3) is 0. The average molecular weight is 390 g/mol. The van der Waals surface area contributed by atoms with Crippen molar-refractivity contribution in [3.63, 3.8) is 0 Å². The van der Waals surface area contributed by atoms with Gasteiger partial charge in [0.2, 0.25) is 0 Å². The average Bonchev–Trinajstić information content (AvgIpc) is 2.81. The molecule has 0 spiro atoms. The predicted molar refractivity (Wildman–Crippen MR) is 126 cm³/mol. The van der Waals surface area contributed by atoms with E-state index >= 15 is 0 Å². The summed E-state index contributed by atoms with van der Waals surface area (Å²) in [5, 5.41) is 0. The van der Waals surface area contributed by atoms with E-state index in [-0.39, 0.29) is 0 Å². The quantitative estimate of drug-likeness (QED) is 0.373. The molecule has 0 amide bonds. The van der Waals surface area contributed by atoms with Crippen LogP contribution in [-0.2, 0) is 0 Å². The minimum atomic E-state index is 0.428. The standard InChI is InChI=1S/C14H12N4.C12H10/c15-10-6-4-9(5-7-10)11-2-1-3-12-14(11)17-8-13(16)18-12;1-3-7-11(8-4-1)12-9-5-2-6-10-12/h1-8H,15H2,(H2,16,18);1-10H. The van der Waals surface area contributed by atoms with Crippen LogP contribution in [0.1, 0.15) is 0 Å². The van der Waals surface area contributed by atoms with Crippen LogP contribution in [0.25, 0.3) is 33.3 Å². The van der Waals surface area contributed by atoms with E-state index in [2.05, 4.69) is 58.5 Å². The largest absolute Gasteiger partial charge is 0.399 e. The number of nitrogen functional groups attached to an aromatic ring is 2. The summed E-state index contributed by atoms with van der Waals surface area (Å²) in [6.07, 6.45) is 1.57. The van der Waals surface area contributed by atoms with E-state index in [1.165, 1.54) is 11.1 Å². The molecule has 1 heterocycles. The SMILES string of the molecule is Nc1ccc(-c2cccc3nc(N)cnc23)cc1.c1ccc(-c2ccccc2)cc1. The summed E-state index contributed by atoms with van der Waals surface area (Å²) in [4.78, 5) is 8.63. The minimum absolute atomic E-state index is 0.428. The van der Waals surface area contributed by atoms with E-state index < -0.39 is 0 Å². The molecule has 4 aromatic carbocycles. The second kappa shape index (κ2) is 8.88. The van der Waals surface area contributed by atoms with Crippen molar-refractivity contribution in [1.29, 1.82) is 0 Å². The summed E-state index contributed by atoms with van der Waals surface area (Å²) < 4.78 is 0. The third-order valence-corrected chi connectivity index (χ3v) is 4.69. The number of nitrogens with two attached hydrogens (primary N) is 2. The van der Waals surface area contributed by atoms with Crippen LogP contribution in [0.4, 0.5) is 11.5 Å². The molecule has 5 aromatic rings. The Hall–Kier alpha value is -4.18. The number of benzene rings is 4. The van der Waals surface area contributed by atoms with Gasteiger partial charge in [0.05, 0.1) is 17.2 Å². The van der Waals surface area contributed by atoms with Crippen molar-refractivity contribution in [1.82, 2.24) is 9.97 Å². The lowest BCUT2D eigenvalue weighted by molar-refractivity contribution is 1.30. The van der Waals surface area contributed by atoms with E-state index in [9.17, 15) is 0 Å². The molecule has 4 heteroatoms. The van der Waals surface area contributed by atoms with E-state index in [1.807, 2.05) is 54.6 Å². The Morgan fingerprint density at radius 3 is 1.73 bits per heavy atom. The highest BCUT2D eigenvalue weighted by atomic mass is 14.9. The first-order chi connectivity index (χ1) is 14.7. The van der Waals surface area contributed by atoms with Crippen molar-refractivity contribution >= 4 is 22.5 Å². The number of para-hydroxylation sites is 1. The second-order valence-electron chi connectivity index (χ2n) is 6.82. The Morgan fingerprint density at radius 1 is 0.533 bits per heavy atom. The Kier molecular flexibility index (Phi) is 5.67. The maximum atomic E-state index is 5.69. The lowest BCUT2D eigenvalue weighted by Gasteiger charge is -2.06. The van der Waals surface area contributed by atoms with Gasteiger partial charge in [-0.2, -0.15) is 0 Å². The molecule has 0 aliphatic rings. The summed E-state index contributed by atoms with van der Waals surface area (Å²) in [7, 11) is 0. The predicted octanol–water partition coefficient (Wildman–Crippen LogP) is 5.81. The van der Waals surface area contributed by atoms with Gasteiger partial charge in [-0.3, -0.25) is 4.98 Å². The van der Waals surface area contributed by atoms with Gasteiger partial charge >= 0.3 is 0 Å². The van der Waals surface area contributed by atoms with Gasteiger partial charge in [0, 0.05) is 11.3 Å². The number of nitrogens with zero attached hydrogens (tertiary/aromatic N) is 2. The lowest BCUT2D eigenvalue weighted by Crippen LogP contribution is -1.94. The van der Waals surface area contributed by atoms with Gasteiger partial charge in [-0.1, -0.05) is 84.9 Å².